The van der Waals surface area contributed by atoms with Crippen LogP contribution in [0.25, 0.3) is 0 Å². The lowest BCUT2D eigenvalue weighted by Gasteiger charge is -2.48. The molecule has 7 rings (SSSR count). The lowest BCUT2D eigenvalue weighted by Crippen LogP contribution is -2.70. The zero-order valence-corrected chi connectivity index (χ0v) is 61.0. The minimum atomic E-state index is -5.19. The molecule has 11 atom stereocenters. The number of fused-ring (bicyclic) bond motifs is 3. The van der Waals surface area contributed by atoms with E-state index in [0.717, 1.165) is 24.5 Å². The normalized spacial score (nSPS) is 32.0. The molecule has 576 valence electrons. The van der Waals surface area contributed by atoms with Crippen LogP contribution < -0.4 is 16.0 Å². The second kappa shape index (κ2) is 34.8. The third-order valence-electron chi connectivity index (χ3n) is 23.2. The van der Waals surface area contributed by atoms with Gasteiger partial charge in [-0.05, 0) is 153 Å². The molecule has 4 aliphatic carbocycles. The molecule has 2 bridgehead atoms. The Hall–Kier alpha value is -6.92. The van der Waals surface area contributed by atoms with E-state index in [1.54, 1.807) is 27.7 Å². The molecule has 0 radical (unpaired) electrons. The summed E-state index contributed by atoms with van der Waals surface area (Å²) in [6.45, 7) is 4.99. The van der Waals surface area contributed by atoms with Crippen LogP contribution in [0.5, 0.6) is 0 Å². The smallest absolute Gasteiger partial charge is 0.347 e. The predicted octanol–water partition coefficient (Wildman–Crippen LogP) is 5.53. The van der Waals surface area contributed by atoms with E-state index >= 15 is 28.0 Å². The van der Waals surface area contributed by atoms with E-state index in [1.807, 2.05) is 0 Å². The second-order valence-corrected chi connectivity index (χ2v) is 30.1. The molecule has 32 heteroatoms. The minimum absolute atomic E-state index is 0.0114. The van der Waals surface area contributed by atoms with Crippen LogP contribution in [-0.4, -0.2) is 276 Å². The number of nitrogens with zero attached hydrogens (tertiary/aromatic N) is 9. The Kier molecular flexibility index (Phi) is 28.1. The molecule has 3 N–H and O–H groups in total. The first-order valence-corrected chi connectivity index (χ1v) is 36.6. The van der Waals surface area contributed by atoms with E-state index in [2.05, 4.69) is 16.0 Å². The summed E-state index contributed by atoms with van der Waals surface area (Å²) in [6.07, 6.45) is -14.3. The van der Waals surface area contributed by atoms with Gasteiger partial charge in [-0.25, -0.2) is 8.78 Å². The molecule has 3 aliphatic heterocycles. The van der Waals surface area contributed by atoms with Crippen LogP contribution in [0.2, 0.25) is 0 Å². The van der Waals surface area contributed by atoms with E-state index in [0.29, 0.717) is 44.9 Å². The Balaban J connectivity index is 1.27. The number of likely N-dealkylation sites (N-methyl/N-ethyl adjacent to an activating group) is 7. The van der Waals surface area contributed by atoms with Gasteiger partial charge < -0.3 is 60.0 Å². The van der Waals surface area contributed by atoms with E-state index < -0.39 is 224 Å². The zero-order valence-electron chi connectivity index (χ0n) is 61.0. The summed E-state index contributed by atoms with van der Waals surface area (Å²) < 4.78 is 114. The largest absolute Gasteiger partial charge is 0.397 e. The molecular formula is C70H108F8N12O12. The maximum Gasteiger partial charge on any atom is 0.397 e. The van der Waals surface area contributed by atoms with Crippen molar-refractivity contribution in [2.45, 2.75) is 254 Å². The van der Waals surface area contributed by atoms with Gasteiger partial charge in [0.25, 0.3) is 0 Å². The van der Waals surface area contributed by atoms with Crippen molar-refractivity contribution in [3.8, 4) is 0 Å². The van der Waals surface area contributed by atoms with Crippen LogP contribution in [0.4, 0.5) is 35.1 Å². The SMILES string of the molecule is CC[C@H](C)[C@@H]1NC(=O)[C@H](CC)N(C)C(=O)C[C@@H](C(=O)N(C)C)N(CC)C(=O)[C@H](C2CCCC2)N(C)C(=O)C2(CCC2)NC(=O)[C@@H]2CCN2C(=O)[C@H](CCC2CC(F)C(C(F)(F)F)C(F)C2)NC(=O)CN(C)C(=O)[C@H](CC2CCC(C(F)(F)F)CC2)N2CCCC[C@@H](C2=O)N(C)C(=O)CN(C)C1=O. The molecular weight excluding hydrogens is 1350 g/mol. The van der Waals surface area contributed by atoms with Gasteiger partial charge in [0.1, 0.15) is 72.1 Å². The Bertz CT molecular complexity index is 3030. The standard InChI is InChI=1S/C70H108F8N12O12/c1-12-40(4)57-65(100)84(8)39-55(93)86(10)50-22-17-18-32-89(64(50)99)51(36-41-23-26-44(27-24-41)69(73,74)75)63(98)83(7)38-53(91)79-47(28-25-42-34-45(71)56(46(72)35-42)70(76,77)78)61(96)90-33-29-49(90)60(95)81-68(30-19-31-68)67(102)87(11)58(43-20-15-16-21-43)66(101)88(14-3)52(62(97)82(5)6)37-54(92)85(9)48(13-2)59(94)80-57/h40-52,56-58H,12-39H2,1-11H3,(H,79,91)(H,80,94)(H,81,95)/t40-,41?,42?,44?,45?,46?,47-,48-,49-,50-,51-,52-,56?,57-,58-/m0/s1. The number of carbonyl (C=O) groups excluding carboxylic acids is 12. The Morgan fingerprint density at radius 1 is 0.598 bits per heavy atom. The topological polar surface area (TPSA) is 270 Å². The highest BCUT2D eigenvalue weighted by molar-refractivity contribution is 6.01. The number of nitrogens with one attached hydrogen (secondary N) is 3. The van der Waals surface area contributed by atoms with Crippen molar-refractivity contribution in [1.29, 1.82) is 0 Å². The molecule has 3 heterocycles. The maximum atomic E-state index is 15.5. The van der Waals surface area contributed by atoms with E-state index in [-0.39, 0.29) is 96.7 Å². The molecule has 1 spiro atoms. The highest BCUT2D eigenvalue weighted by Gasteiger charge is 2.56. The molecule has 7 aliphatic rings. The average molecular weight is 1460 g/mol. The van der Waals surface area contributed by atoms with Gasteiger partial charge >= 0.3 is 12.4 Å². The van der Waals surface area contributed by atoms with Gasteiger partial charge in [-0.2, -0.15) is 26.3 Å². The molecule has 0 aromatic carbocycles. The van der Waals surface area contributed by atoms with Crippen molar-refractivity contribution in [2.75, 3.05) is 82.1 Å². The molecule has 7 fully saturated rings. The predicted molar refractivity (Wildman–Crippen MR) is 357 cm³/mol. The minimum Gasteiger partial charge on any atom is -0.347 e. The van der Waals surface area contributed by atoms with E-state index in [9.17, 15) is 64.7 Å². The van der Waals surface area contributed by atoms with Crippen LogP contribution in [0.3, 0.4) is 0 Å². The molecule has 102 heavy (non-hydrogen) atoms. The van der Waals surface area contributed by atoms with Crippen LogP contribution in [-0.2, 0) is 57.5 Å². The van der Waals surface area contributed by atoms with Gasteiger partial charge in [0.2, 0.25) is 70.9 Å². The number of carbonyl (C=O) groups is 12. The van der Waals surface area contributed by atoms with Gasteiger partial charge in [0, 0.05) is 69.0 Å². The van der Waals surface area contributed by atoms with Crippen LogP contribution in [0.1, 0.15) is 175 Å². The van der Waals surface area contributed by atoms with Crippen molar-refractivity contribution >= 4 is 70.9 Å². The monoisotopic (exact) mass is 1460 g/mol. The van der Waals surface area contributed by atoms with Crippen molar-refractivity contribution in [3.63, 3.8) is 0 Å². The molecule has 3 saturated heterocycles. The molecule has 4 saturated carbocycles. The van der Waals surface area contributed by atoms with Gasteiger partial charge in [0.05, 0.1) is 25.4 Å². The van der Waals surface area contributed by atoms with Crippen LogP contribution in [0.15, 0.2) is 0 Å². The first kappa shape index (κ1) is 82.4. The average Bonchev–Trinajstić information content (AvgIpc) is 0.830. The van der Waals surface area contributed by atoms with Crippen LogP contribution >= 0.6 is 0 Å². The van der Waals surface area contributed by atoms with Gasteiger partial charge in [0.15, 0.2) is 0 Å². The lowest BCUT2D eigenvalue weighted by molar-refractivity contribution is -0.219. The highest BCUT2D eigenvalue weighted by atomic mass is 19.4. The molecule has 0 aromatic heterocycles. The third kappa shape index (κ3) is 18.9. The third-order valence-corrected chi connectivity index (χ3v) is 23.2. The quantitative estimate of drug-likeness (QED) is 0.216. The van der Waals surface area contributed by atoms with Crippen molar-refractivity contribution in [1.82, 2.24) is 60.0 Å². The number of rotatable bonds is 11. The molecule has 12 amide bonds. The van der Waals surface area contributed by atoms with Gasteiger partial charge in [-0.1, -0.05) is 40.0 Å². The first-order valence-electron chi connectivity index (χ1n) is 36.6. The Labute approximate surface area is 593 Å². The fourth-order valence-corrected chi connectivity index (χ4v) is 16.4. The zero-order chi connectivity index (χ0) is 75.8. The Morgan fingerprint density at radius 3 is 1.74 bits per heavy atom. The molecule has 24 nitrogen and oxygen atoms in total. The summed E-state index contributed by atoms with van der Waals surface area (Å²) in [7, 11) is 9.57. The van der Waals surface area contributed by atoms with Gasteiger partial charge in [-0.15, -0.1) is 0 Å². The number of amides is 12. The van der Waals surface area contributed by atoms with E-state index in [1.165, 1.54) is 68.9 Å². The summed E-state index contributed by atoms with van der Waals surface area (Å²) in [4.78, 5) is 189. The molecule has 2 unspecified atom stereocenters. The summed E-state index contributed by atoms with van der Waals surface area (Å²) in [6, 6.07) is -10.8. The van der Waals surface area contributed by atoms with Crippen molar-refractivity contribution < 1.29 is 92.7 Å². The summed E-state index contributed by atoms with van der Waals surface area (Å²) >= 11 is 0. The number of halogens is 8. The van der Waals surface area contributed by atoms with Crippen molar-refractivity contribution in [3.05, 3.63) is 0 Å². The maximum absolute atomic E-state index is 15.5. The number of hydrogen-bond donors (Lipinski definition) is 3. The second-order valence-electron chi connectivity index (χ2n) is 30.1. The summed E-state index contributed by atoms with van der Waals surface area (Å²) in [5, 5.41) is 8.29. The summed E-state index contributed by atoms with van der Waals surface area (Å²) in [5.41, 5.74) is -1.62. The first-order chi connectivity index (χ1) is 47.8. The number of alkyl halides is 8. The van der Waals surface area contributed by atoms with E-state index in [4.69, 9.17) is 0 Å². The lowest BCUT2D eigenvalue weighted by atomic mass is 9.74. The van der Waals surface area contributed by atoms with Crippen molar-refractivity contribution in [2.24, 2.45) is 35.5 Å². The van der Waals surface area contributed by atoms with Gasteiger partial charge in [-0.3, -0.25) is 57.5 Å². The fraction of sp³-hybridized carbons (Fsp3) is 0.829. The molecule has 0 aromatic rings. The highest BCUT2D eigenvalue weighted by Crippen LogP contribution is 2.46. The summed E-state index contributed by atoms with van der Waals surface area (Å²) in [5.74, 6) is -16.2. The fourth-order valence-electron chi connectivity index (χ4n) is 16.4. The van der Waals surface area contributed by atoms with Crippen LogP contribution in [0, 0.1) is 35.5 Å². The number of hydrogen-bond acceptors (Lipinski definition) is 12. The Morgan fingerprint density at radius 2 is 1.21 bits per heavy atom.